The molecular formula is C82H57IrN5-4. The van der Waals surface area contributed by atoms with E-state index in [0.717, 1.165) is 156 Å². The maximum Gasteiger partial charge on any atom is 0.0614 e. The maximum atomic E-state index is 5.11. The van der Waals surface area contributed by atoms with Gasteiger partial charge in [-0.1, -0.05) is 226 Å². The van der Waals surface area contributed by atoms with Gasteiger partial charge in [0.15, 0.2) is 0 Å². The van der Waals surface area contributed by atoms with Crippen molar-refractivity contribution >= 4 is 54.6 Å². The van der Waals surface area contributed by atoms with Gasteiger partial charge in [-0.05, 0) is 131 Å². The number of hydrogen-bond acceptors (Lipinski definition) is 3. The summed E-state index contributed by atoms with van der Waals surface area (Å²) >= 11 is 0. The van der Waals surface area contributed by atoms with Gasteiger partial charge < -0.3 is 21.2 Å². The van der Waals surface area contributed by atoms with E-state index in [9.17, 15) is 0 Å². The molecule has 0 aliphatic carbocycles. The summed E-state index contributed by atoms with van der Waals surface area (Å²) in [4.78, 5) is 15.0. The zero-order valence-corrected chi connectivity index (χ0v) is 51.7. The van der Waals surface area contributed by atoms with Crippen LogP contribution in [0, 0.1) is 53.3 Å². The molecule has 0 fully saturated rings. The van der Waals surface area contributed by atoms with Crippen LogP contribution in [0.4, 0.5) is 0 Å². The van der Waals surface area contributed by atoms with Crippen LogP contribution in [-0.2, 0) is 20.1 Å². The largest absolute Gasteiger partial charge is 0.358 e. The molecule has 0 amide bonds. The fraction of sp³-hybridized carbons (Fsp3) is 0.0488. The SMILES string of the molecule is Cc1nc2c3[c-]cc(-c4ccccc4-c4cc(-c5ccccc5-c5c[c-]c6c(c5)c5ccccc5n5c(C)c(C)nc65)cc(-c5ccccc5-c5c[c-]c(-c6ccccn6)cc5-c5ccc(-c6ccccc6)cc5)c4)cc3c3ccccc3n2c1C.[CH3-].[Ir]. The number of aryl methyl sites for hydroxylation is 4. The molecule has 0 atom stereocenters. The molecule has 423 valence electrons. The van der Waals surface area contributed by atoms with E-state index in [1.54, 1.807) is 0 Å². The molecular weight excluding hydrogens is 1250 g/mol. The number of imidazole rings is 2. The van der Waals surface area contributed by atoms with Crippen LogP contribution in [0.1, 0.15) is 22.8 Å². The number of rotatable bonds is 9. The summed E-state index contributed by atoms with van der Waals surface area (Å²) in [6, 6.07) is 101. The third-order valence-corrected chi connectivity index (χ3v) is 17.6. The average molecular weight is 1300 g/mol. The summed E-state index contributed by atoms with van der Waals surface area (Å²) in [5.41, 5.74) is 28.0. The van der Waals surface area contributed by atoms with Gasteiger partial charge in [0.25, 0.3) is 0 Å². The molecule has 16 aromatic rings. The van der Waals surface area contributed by atoms with Crippen LogP contribution in [0.25, 0.3) is 155 Å². The van der Waals surface area contributed by atoms with Gasteiger partial charge in [-0.25, -0.2) is 0 Å². The van der Waals surface area contributed by atoms with Crippen LogP contribution in [0.5, 0.6) is 0 Å². The molecule has 1 radical (unpaired) electrons. The van der Waals surface area contributed by atoms with Crippen molar-refractivity contribution in [1.29, 1.82) is 0 Å². The summed E-state index contributed by atoms with van der Waals surface area (Å²) in [5, 5.41) is 6.59. The van der Waals surface area contributed by atoms with E-state index < -0.39 is 0 Å². The zero-order valence-electron chi connectivity index (χ0n) is 49.3. The van der Waals surface area contributed by atoms with Crippen molar-refractivity contribution in [2.24, 2.45) is 0 Å². The third-order valence-electron chi connectivity index (χ3n) is 17.6. The molecule has 5 heterocycles. The van der Waals surface area contributed by atoms with Crippen LogP contribution in [0.2, 0.25) is 0 Å². The van der Waals surface area contributed by atoms with Gasteiger partial charge in [0, 0.05) is 60.1 Å². The van der Waals surface area contributed by atoms with Gasteiger partial charge in [-0.3, -0.25) is 9.97 Å². The number of fused-ring (bicyclic) bond motifs is 12. The average Bonchev–Trinajstić information content (AvgIpc) is 1.53. The van der Waals surface area contributed by atoms with Gasteiger partial charge in [-0.2, -0.15) is 0 Å². The first kappa shape index (κ1) is 55.5. The fourth-order valence-corrected chi connectivity index (χ4v) is 13.2. The Morgan fingerprint density at radius 1 is 0.318 bits per heavy atom. The number of nitrogens with zero attached hydrogens (tertiary/aromatic N) is 5. The first-order chi connectivity index (χ1) is 42.3. The number of benzene rings is 11. The minimum atomic E-state index is 0. The van der Waals surface area contributed by atoms with Gasteiger partial charge in [0.1, 0.15) is 0 Å². The van der Waals surface area contributed by atoms with E-state index in [-0.39, 0.29) is 27.5 Å². The topological polar surface area (TPSA) is 47.5 Å². The fourth-order valence-electron chi connectivity index (χ4n) is 13.2. The molecule has 0 saturated carbocycles. The van der Waals surface area contributed by atoms with Crippen molar-refractivity contribution < 1.29 is 20.1 Å². The first-order valence-corrected chi connectivity index (χ1v) is 29.3. The van der Waals surface area contributed by atoms with Gasteiger partial charge in [0.2, 0.25) is 0 Å². The molecule has 0 spiro atoms. The molecule has 5 nitrogen and oxygen atoms in total. The third kappa shape index (κ3) is 9.23. The Hall–Kier alpha value is -10.4. The molecule has 0 aliphatic rings. The standard InChI is InChI=1S/C81H54N5.CH3.Ir/c1-50-52(3)85-78-31-16-14-28-70(78)75-47-57(37-41-72(75)80(85)83-50)63-22-8-10-24-65(63)60-44-61(66-25-11-9-23-64(66)58-38-42-73-76(48-58)71-29-15-17-32-79(71)86-53(4)51(2)84-81(73)86)46-62(45-60)67-26-12-13-27-68(67)69-40-39-59(77-30-18-19-43-82-77)49-74(69)56-35-33-55(34-36-56)54-20-6-5-7-21-54;;/h5-38,40,43-49H,1-4H3;1H3;/q-3;-1;. The van der Waals surface area contributed by atoms with E-state index in [1.165, 1.54) is 21.9 Å². The van der Waals surface area contributed by atoms with Crippen LogP contribution in [-0.4, -0.2) is 23.8 Å². The van der Waals surface area contributed by atoms with Crippen LogP contribution < -0.4 is 0 Å². The Bertz CT molecular complexity index is 5160. The van der Waals surface area contributed by atoms with Gasteiger partial charge in [-0.15, -0.1) is 70.9 Å². The maximum absolute atomic E-state index is 5.11. The second-order valence-corrected chi connectivity index (χ2v) is 22.5. The van der Waals surface area contributed by atoms with Crippen LogP contribution in [0.3, 0.4) is 0 Å². The van der Waals surface area contributed by atoms with E-state index in [2.05, 4.69) is 291 Å². The molecule has 16 rings (SSSR count). The minimum Gasteiger partial charge on any atom is -0.358 e. The van der Waals surface area contributed by atoms with Crippen LogP contribution in [0.15, 0.2) is 255 Å². The van der Waals surface area contributed by atoms with Crippen molar-refractivity contribution in [3.8, 4) is 100 Å². The molecule has 11 aromatic carbocycles. The Morgan fingerprint density at radius 3 is 1.24 bits per heavy atom. The molecule has 0 aliphatic heterocycles. The Balaban J connectivity index is 0.00000340. The Morgan fingerprint density at radius 2 is 0.739 bits per heavy atom. The predicted molar refractivity (Wildman–Crippen MR) is 363 cm³/mol. The van der Waals surface area contributed by atoms with Crippen molar-refractivity contribution in [1.82, 2.24) is 23.8 Å². The molecule has 0 N–H and O–H groups in total. The second-order valence-electron chi connectivity index (χ2n) is 22.5. The number of hydrogen-bond donors (Lipinski definition) is 0. The van der Waals surface area contributed by atoms with E-state index in [0.29, 0.717) is 0 Å². The first-order valence-electron chi connectivity index (χ1n) is 29.3. The summed E-state index contributed by atoms with van der Waals surface area (Å²) in [5.74, 6) is 0. The Kier molecular flexibility index (Phi) is 14.2. The predicted octanol–water partition coefficient (Wildman–Crippen LogP) is 21.1. The number of para-hydroxylation sites is 2. The summed E-state index contributed by atoms with van der Waals surface area (Å²) < 4.78 is 4.57. The molecule has 0 bridgehead atoms. The smallest absolute Gasteiger partial charge is 0.0614 e. The number of aromatic nitrogens is 5. The summed E-state index contributed by atoms with van der Waals surface area (Å²) in [6.07, 6.45) is 1.85. The van der Waals surface area contributed by atoms with Crippen molar-refractivity contribution in [3.63, 3.8) is 0 Å². The number of pyridine rings is 3. The van der Waals surface area contributed by atoms with Crippen molar-refractivity contribution in [2.45, 2.75) is 27.7 Å². The molecule has 5 aromatic heterocycles. The molecule has 6 heteroatoms. The Labute approximate surface area is 526 Å². The van der Waals surface area contributed by atoms with E-state index in [4.69, 9.17) is 15.0 Å². The quantitative estimate of drug-likeness (QED) is 0.107. The second kappa shape index (κ2) is 22.5. The van der Waals surface area contributed by atoms with E-state index >= 15 is 0 Å². The molecule has 88 heavy (non-hydrogen) atoms. The minimum absolute atomic E-state index is 0. The summed E-state index contributed by atoms with van der Waals surface area (Å²) in [7, 11) is 0. The van der Waals surface area contributed by atoms with Gasteiger partial charge in [0.05, 0.1) is 11.3 Å². The normalized spacial score (nSPS) is 11.5. The van der Waals surface area contributed by atoms with Gasteiger partial charge >= 0.3 is 0 Å². The molecule has 0 saturated heterocycles. The van der Waals surface area contributed by atoms with Crippen LogP contribution >= 0.6 is 0 Å². The zero-order chi connectivity index (χ0) is 57.6. The summed E-state index contributed by atoms with van der Waals surface area (Å²) in [6.45, 7) is 8.49. The monoisotopic (exact) mass is 1300 g/mol. The van der Waals surface area contributed by atoms with Crippen molar-refractivity contribution in [2.75, 3.05) is 0 Å². The van der Waals surface area contributed by atoms with E-state index in [1.807, 2.05) is 18.3 Å². The van der Waals surface area contributed by atoms with Crippen molar-refractivity contribution in [3.05, 3.63) is 303 Å². The molecule has 0 unspecified atom stereocenters.